The Balaban J connectivity index is 2.33. The molecule has 0 heterocycles. The molecule has 7 heteroatoms. The number of halogens is 1. The number of hydrazine groups is 1. The van der Waals surface area contributed by atoms with Crippen LogP contribution in [0.4, 0.5) is 0 Å². The number of carbonyl (C=O) groups excluding carboxylic acids is 3. The smallest absolute Gasteiger partial charge is 0.315 e. The minimum absolute atomic E-state index is 0.0929. The lowest BCUT2D eigenvalue weighted by Crippen LogP contribution is -2.43. The van der Waals surface area contributed by atoms with Crippen LogP contribution in [0.3, 0.4) is 0 Å². The minimum atomic E-state index is -0.676. The highest BCUT2D eigenvalue weighted by Gasteiger charge is 2.10. The molecule has 0 radical (unpaired) electrons. The molecule has 0 unspecified atom stereocenters. The van der Waals surface area contributed by atoms with Crippen LogP contribution in [0.2, 0.25) is 5.02 Å². The number of ether oxygens (including phenoxy) is 1. The van der Waals surface area contributed by atoms with Crippen molar-refractivity contribution in [1.82, 2.24) is 10.9 Å². The van der Waals surface area contributed by atoms with E-state index in [0.29, 0.717) is 5.02 Å². The second-order valence-electron chi connectivity index (χ2n) is 3.65. The molecule has 0 atom stereocenters. The van der Waals surface area contributed by atoms with Crippen molar-refractivity contribution in [1.29, 1.82) is 0 Å². The maximum absolute atomic E-state index is 11.5. The molecule has 2 N–H and O–H groups in total. The zero-order valence-corrected chi connectivity index (χ0v) is 11.0. The zero-order chi connectivity index (χ0) is 14.3. The number of hydrogen-bond donors (Lipinski definition) is 2. The number of nitrogens with one attached hydrogen (secondary N) is 2. The van der Waals surface area contributed by atoms with Gasteiger partial charge in [0.15, 0.2) is 0 Å². The molecule has 19 heavy (non-hydrogen) atoms. The topological polar surface area (TPSA) is 84.5 Å². The molecule has 1 aromatic carbocycles. The molecule has 0 spiro atoms. The Bertz CT molecular complexity index is 473. The van der Waals surface area contributed by atoms with E-state index in [1.54, 1.807) is 24.3 Å². The van der Waals surface area contributed by atoms with Gasteiger partial charge in [0.1, 0.15) is 6.42 Å². The summed E-state index contributed by atoms with van der Waals surface area (Å²) in [7, 11) is 1.18. The molecule has 0 aliphatic carbocycles. The summed E-state index contributed by atoms with van der Waals surface area (Å²) in [4.78, 5) is 33.4. The third-order valence-electron chi connectivity index (χ3n) is 2.15. The Morgan fingerprint density at radius 2 is 1.68 bits per heavy atom. The molecule has 0 bridgehead atoms. The Hall–Kier alpha value is -2.08. The molecule has 1 aromatic rings. The Morgan fingerprint density at radius 3 is 2.26 bits per heavy atom. The van der Waals surface area contributed by atoms with Crippen LogP contribution in [0, 0.1) is 0 Å². The lowest BCUT2D eigenvalue weighted by atomic mass is 10.1. The van der Waals surface area contributed by atoms with E-state index in [9.17, 15) is 14.4 Å². The van der Waals surface area contributed by atoms with Crippen LogP contribution in [-0.2, 0) is 25.5 Å². The van der Waals surface area contributed by atoms with E-state index < -0.39 is 24.2 Å². The molecule has 1 rings (SSSR count). The van der Waals surface area contributed by atoms with E-state index in [0.717, 1.165) is 5.56 Å². The van der Waals surface area contributed by atoms with Gasteiger partial charge in [0.2, 0.25) is 11.8 Å². The van der Waals surface area contributed by atoms with Crippen molar-refractivity contribution in [2.45, 2.75) is 12.8 Å². The highest BCUT2D eigenvalue weighted by atomic mass is 35.5. The first-order chi connectivity index (χ1) is 9.01. The first kappa shape index (κ1) is 15.0. The summed E-state index contributed by atoms with van der Waals surface area (Å²) in [6.07, 6.45) is -0.354. The first-order valence-corrected chi connectivity index (χ1v) is 5.78. The van der Waals surface area contributed by atoms with Crippen molar-refractivity contribution in [3.63, 3.8) is 0 Å². The average molecular weight is 285 g/mol. The fourth-order valence-electron chi connectivity index (χ4n) is 1.22. The molecule has 6 nitrogen and oxygen atoms in total. The second kappa shape index (κ2) is 7.38. The molecular weight excluding hydrogens is 272 g/mol. The van der Waals surface area contributed by atoms with Crippen molar-refractivity contribution in [2.75, 3.05) is 7.11 Å². The van der Waals surface area contributed by atoms with Crippen molar-refractivity contribution in [3.05, 3.63) is 34.9 Å². The van der Waals surface area contributed by atoms with E-state index in [-0.39, 0.29) is 6.42 Å². The fourth-order valence-corrected chi connectivity index (χ4v) is 1.34. The number of rotatable bonds is 4. The number of methoxy groups -OCH3 is 1. The number of esters is 1. The van der Waals surface area contributed by atoms with Crippen molar-refractivity contribution in [2.24, 2.45) is 0 Å². The SMILES string of the molecule is COC(=O)CC(=O)NNC(=O)Cc1ccc(Cl)cc1. The summed E-state index contributed by atoms with van der Waals surface area (Å²) < 4.78 is 4.31. The van der Waals surface area contributed by atoms with Crippen LogP contribution >= 0.6 is 11.6 Å². The third kappa shape index (κ3) is 5.87. The second-order valence-corrected chi connectivity index (χ2v) is 4.09. The predicted molar refractivity (Wildman–Crippen MR) is 68.1 cm³/mol. The lowest BCUT2D eigenvalue weighted by Gasteiger charge is -2.06. The Kier molecular flexibility index (Phi) is 5.81. The maximum Gasteiger partial charge on any atom is 0.315 e. The van der Waals surface area contributed by atoms with Gasteiger partial charge in [-0.1, -0.05) is 23.7 Å². The normalized spacial score (nSPS) is 9.58. The van der Waals surface area contributed by atoms with Gasteiger partial charge in [-0.3, -0.25) is 25.2 Å². The van der Waals surface area contributed by atoms with Crippen molar-refractivity contribution < 1.29 is 19.1 Å². The van der Waals surface area contributed by atoms with E-state index in [1.807, 2.05) is 0 Å². The molecule has 0 aromatic heterocycles. The van der Waals surface area contributed by atoms with E-state index in [2.05, 4.69) is 15.6 Å². The van der Waals surface area contributed by atoms with Gasteiger partial charge >= 0.3 is 5.97 Å². The van der Waals surface area contributed by atoms with Crippen LogP contribution < -0.4 is 10.9 Å². The highest BCUT2D eigenvalue weighted by Crippen LogP contribution is 2.09. The number of amides is 2. The molecule has 0 fully saturated rings. The van der Waals surface area contributed by atoms with Gasteiger partial charge in [-0.15, -0.1) is 0 Å². The molecule has 0 saturated carbocycles. The van der Waals surface area contributed by atoms with Gasteiger partial charge in [-0.05, 0) is 17.7 Å². The summed E-state index contributed by atoms with van der Waals surface area (Å²) in [5, 5.41) is 0.579. The Labute approximate surface area is 115 Å². The van der Waals surface area contributed by atoms with Crippen LogP contribution in [-0.4, -0.2) is 24.9 Å². The molecule has 102 valence electrons. The summed E-state index contributed by atoms with van der Waals surface area (Å²) in [6.45, 7) is 0. The van der Waals surface area contributed by atoms with Crippen LogP contribution in [0.5, 0.6) is 0 Å². The largest absolute Gasteiger partial charge is 0.469 e. The number of hydrogen-bond acceptors (Lipinski definition) is 4. The lowest BCUT2D eigenvalue weighted by molar-refractivity contribution is -0.144. The van der Waals surface area contributed by atoms with Gasteiger partial charge < -0.3 is 4.74 Å². The van der Waals surface area contributed by atoms with Gasteiger partial charge in [-0.2, -0.15) is 0 Å². The molecule has 0 aliphatic heterocycles. The number of carbonyl (C=O) groups is 3. The van der Waals surface area contributed by atoms with Gasteiger partial charge in [-0.25, -0.2) is 0 Å². The molecule has 0 aliphatic rings. The van der Waals surface area contributed by atoms with E-state index in [1.165, 1.54) is 7.11 Å². The monoisotopic (exact) mass is 284 g/mol. The summed E-state index contributed by atoms with van der Waals surface area (Å²) in [5.74, 6) is -1.72. The predicted octanol–water partition coefficient (Wildman–Crippen LogP) is 0.593. The van der Waals surface area contributed by atoms with Crippen molar-refractivity contribution >= 4 is 29.4 Å². The van der Waals surface area contributed by atoms with Crippen molar-refractivity contribution in [3.8, 4) is 0 Å². The van der Waals surface area contributed by atoms with E-state index >= 15 is 0 Å². The van der Waals surface area contributed by atoms with Crippen LogP contribution in [0.1, 0.15) is 12.0 Å². The Morgan fingerprint density at radius 1 is 1.11 bits per heavy atom. The minimum Gasteiger partial charge on any atom is -0.469 e. The summed E-state index contributed by atoms with van der Waals surface area (Å²) >= 11 is 5.71. The summed E-state index contributed by atoms with van der Waals surface area (Å²) in [5.41, 5.74) is 5.06. The van der Waals surface area contributed by atoms with Gasteiger partial charge in [0.05, 0.1) is 13.5 Å². The maximum atomic E-state index is 11.5. The average Bonchev–Trinajstić information content (AvgIpc) is 2.39. The zero-order valence-electron chi connectivity index (χ0n) is 10.2. The van der Waals surface area contributed by atoms with E-state index in [4.69, 9.17) is 11.6 Å². The van der Waals surface area contributed by atoms with Gasteiger partial charge in [0, 0.05) is 5.02 Å². The standard InChI is InChI=1S/C12H13ClN2O4/c1-19-12(18)7-11(17)15-14-10(16)6-8-2-4-9(13)5-3-8/h2-5H,6-7H2,1H3,(H,14,16)(H,15,17). The quantitative estimate of drug-likeness (QED) is 0.481. The van der Waals surface area contributed by atoms with Crippen LogP contribution in [0.25, 0.3) is 0 Å². The first-order valence-electron chi connectivity index (χ1n) is 5.40. The third-order valence-corrected chi connectivity index (χ3v) is 2.40. The highest BCUT2D eigenvalue weighted by molar-refractivity contribution is 6.30. The summed E-state index contributed by atoms with van der Waals surface area (Å²) in [6, 6.07) is 6.75. The fraction of sp³-hybridized carbons (Fsp3) is 0.250. The van der Waals surface area contributed by atoms with Crippen LogP contribution in [0.15, 0.2) is 24.3 Å². The molecular formula is C12H13ClN2O4. The number of benzene rings is 1. The molecule has 2 amide bonds. The van der Waals surface area contributed by atoms with Gasteiger partial charge in [0.25, 0.3) is 0 Å². The molecule has 0 saturated heterocycles.